The number of pyridine rings is 1. The Morgan fingerprint density at radius 1 is 1.29 bits per heavy atom. The van der Waals surface area contributed by atoms with Gasteiger partial charge in [0.1, 0.15) is 5.75 Å². The third kappa shape index (κ3) is 3.95. The monoisotopic (exact) mass is 285 g/mol. The van der Waals surface area contributed by atoms with E-state index < -0.39 is 0 Å². The Bertz CT molecular complexity index is 613. The van der Waals surface area contributed by atoms with Crippen molar-refractivity contribution in [3.05, 3.63) is 53.3 Å². The molecule has 0 aliphatic heterocycles. The fourth-order valence-electron chi connectivity index (χ4n) is 2.37. The SMILES string of the molecule is COc1cc(C)nc(CN(C)C(C)c2cccc(N)c2)c1. The molecular weight excluding hydrogens is 262 g/mol. The lowest BCUT2D eigenvalue weighted by Crippen LogP contribution is -2.22. The maximum atomic E-state index is 5.86. The van der Waals surface area contributed by atoms with Crippen molar-refractivity contribution in [2.45, 2.75) is 26.4 Å². The highest BCUT2D eigenvalue weighted by molar-refractivity contribution is 5.41. The van der Waals surface area contributed by atoms with Crippen molar-refractivity contribution in [2.75, 3.05) is 19.9 Å². The number of nitrogen functional groups attached to an aromatic ring is 1. The van der Waals surface area contributed by atoms with Crippen molar-refractivity contribution in [1.29, 1.82) is 0 Å². The van der Waals surface area contributed by atoms with Crippen LogP contribution in [0.3, 0.4) is 0 Å². The molecule has 112 valence electrons. The van der Waals surface area contributed by atoms with Crippen LogP contribution < -0.4 is 10.5 Å². The lowest BCUT2D eigenvalue weighted by molar-refractivity contribution is 0.249. The summed E-state index contributed by atoms with van der Waals surface area (Å²) in [6.07, 6.45) is 0. The number of nitrogens with zero attached hydrogens (tertiary/aromatic N) is 2. The van der Waals surface area contributed by atoms with Gasteiger partial charge in [0, 0.05) is 36.1 Å². The maximum absolute atomic E-state index is 5.86. The minimum absolute atomic E-state index is 0.266. The van der Waals surface area contributed by atoms with Crippen LogP contribution in [0, 0.1) is 6.92 Å². The van der Waals surface area contributed by atoms with Gasteiger partial charge in [0.25, 0.3) is 0 Å². The Balaban J connectivity index is 2.13. The van der Waals surface area contributed by atoms with Crippen LogP contribution in [0.4, 0.5) is 5.69 Å². The largest absolute Gasteiger partial charge is 0.497 e. The number of benzene rings is 1. The van der Waals surface area contributed by atoms with E-state index in [0.29, 0.717) is 0 Å². The minimum atomic E-state index is 0.266. The van der Waals surface area contributed by atoms with Gasteiger partial charge in [-0.2, -0.15) is 0 Å². The fraction of sp³-hybridized carbons (Fsp3) is 0.353. The summed E-state index contributed by atoms with van der Waals surface area (Å²) in [5.74, 6) is 0.850. The fourth-order valence-corrected chi connectivity index (χ4v) is 2.37. The molecule has 0 amide bonds. The van der Waals surface area contributed by atoms with Gasteiger partial charge in [0.05, 0.1) is 12.8 Å². The van der Waals surface area contributed by atoms with Crippen LogP contribution in [0.25, 0.3) is 0 Å². The van der Waals surface area contributed by atoms with Crippen molar-refractivity contribution in [3.63, 3.8) is 0 Å². The molecule has 1 aromatic carbocycles. The normalized spacial score (nSPS) is 12.4. The Hall–Kier alpha value is -2.07. The zero-order valence-corrected chi connectivity index (χ0v) is 13.1. The van der Waals surface area contributed by atoms with E-state index in [4.69, 9.17) is 10.5 Å². The Morgan fingerprint density at radius 3 is 2.71 bits per heavy atom. The number of aryl methyl sites for hydroxylation is 1. The van der Waals surface area contributed by atoms with Crippen molar-refractivity contribution in [1.82, 2.24) is 9.88 Å². The predicted octanol–water partition coefficient (Wildman–Crippen LogP) is 3.17. The van der Waals surface area contributed by atoms with E-state index in [9.17, 15) is 0 Å². The van der Waals surface area contributed by atoms with E-state index in [2.05, 4.69) is 29.9 Å². The van der Waals surface area contributed by atoms with Crippen LogP contribution in [0.1, 0.15) is 29.9 Å². The van der Waals surface area contributed by atoms with Crippen molar-refractivity contribution in [3.8, 4) is 5.75 Å². The van der Waals surface area contributed by atoms with E-state index in [1.807, 2.05) is 37.3 Å². The molecule has 1 aromatic heterocycles. The Labute approximate surface area is 126 Å². The second-order valence-corrected chi connectivity index (χ2v) is 5.40. The van der Waals surface area contributed by atoms with Crippen LogP contribution >= 0.6 is 0 Å². The highest BCUT2D eigenvalue weighted by Crippen LogP contribution is 2.23. The predicted molar refractivity (Wildman–Crippen MR) is 86.3 cm³/mol. The summed E-state index contributed by atoms with van der Waals surface area (Å²) in [5.41, 5.74) is 9.83. The number of methoxy groups -OCH3 is 1. The van der Waals surface area contributed by atoms with E-state index in [-0.39, 0.29) is 6.04 Å². The minimum Gasteiger partial charge on any atom is -0.497 e. The molecular formula is C17H23N3O. The van der Waals surface area contributed by atoms with Gasteiger partial charge < -0.3 is 10.5 Å². The second kappa shape index (κ2) is 6.59. The summed E-state index contributed by atoms with van der Waals surface area (Å²) in [6.45, 7) is 4.91. The zero-order chi connectivity index (χ0) is 15.4. The first-order valence-corrected chi connectivity index (χ1v) is 7.07. The molecule has 1 unspecified atom stereocenters. The lowest BCUT2D eigenvalue weighted by atomic mass is 10.1. The molecule has 0 saturated carbocycles. The highest BCUT2D eigenvalue weighted by atomic mass is 16.5. The summed E-state index contributed by atoms with van der Waals surface area (Å²) in [5, 5.41) is 0. The molecule has 0 radical (unpaired) electrons. The first-order chi connectivity index (χ1) is 9.99. The molecule has 0 saturated heterocycles. The van der Waals surface area contributed by atoms with Gasteiger partial charge in [0.2, 0.25) is 0 Å². The van der Waals surface area contributed by atoms with Gasteiger partial charge in [-0.15, -0.1) is 0 Å². The number of hydrogen-bond acceptors (Lipinski definition) is 4. The molecule has 2 rings (SSSR count). The lowest BCUT2D eigenvalue weighted by Gasteiger charge is -2.25. The standard InChI is InChI=1S/C17H23N3O/c1-12-8-17(21-4)10-16(19-12)11-20(3)13(2)14-6-5-7-15(18)9-14/h5-10,13H,11,18H2,1-4H3. The van der Waals surface area contributed by atoms with Crippen LogP contribution in [0.2, 0.25) is 0 Å². The molecule has 0 aliphatic rings. The topological polar surface area (TPSA) is 51.4 Å². The average Bonchev–Trinajstić information content (AvgIpc) is 2.45. The van der Waals surface area contributed by atoms with Gasteiger partial charge in [-0.3, -0.25) is 9.88 Å². The number of ether oxygens (including phenoxy) is 1. The maximum Gasteiger partial charge on any atom is 0.122 e. The molecule has 1 heterocycles. The van der Waals surface area contributed by atoms with E-state index in [1.165, 1.54) is 5.56 Å². The number of nitrogens with two attached hydrogens (primary N) is 1. The van der Waals surface area contributed by atoms with Gasteiger partial charge in [0.15, 0.2) is 0 Å². The Kier molecular flexibility index (Phi) is 4.81. The van der Waals surface area contributed by atoms with Gasteiger partial charge in [-0.1, -0.05) is 12.1 Å². The van der Waals surface area contributed by atoms with Crippen LogP contribution in [-0.2, 0) is 6.54 Å². The highest BCUT2D eigenvalue weighted by Gasteiger charge is 2.13. The second-order valence-electron chi connectivity index (χ2n) is 5.40. The van der Waals surface area contributed by atoms with E-state index >= 15 is 0 Å². The quantitative estimate of drug-likeness (QED) is 0.857. The van der Waals surface area contributed by atoms with Crippen LogP contribution in [-0.4, -0.2) is 24.0 Å². The molecule has 21 heavy (non-hydrogen) atoms. The summed E-state index contributed by atoms with van der Waals surface area (Å²) in [7, 11) is 3.77. The molecule has 4 heteroatoms. The Morgan fingerprint density at radius 2 is 2.05 bits per heavy atom. The van der Waals surface area contributed by atoms with E-state index in [0.717, 1.165) is 29.4 Å². The average molecular weight is 285 g/mol. The number of aromatic nitrogens is 1. The molecule has 0 fully saturated rings. The molecule has 2 N–H and O–H groups in total. The van der Waals surface area contributed by atoms with Gasteiger partial charge in [-0.05, 0) is 38.6 Å². The number of anilines is 1. The summed E-state index contributed by atoms with van der Waals surface area (Å²) < 4.78 is 5.30. The molecule has 0 aliphatic carbocycles. The number of hydrogen-bond donors (Lipinski definition) is 1. The van der Waals surface area contributed by atoms with Crippen molar-refractivity contribution < 1.29 is 4.74 Å². The van der Waals surface area contributed by atoms with E-state index in [1.54, 1.807) is 7.11 Å². The van der Waals surface area contributed by atoms with Crippen LogP contribution in [0.15, 0.2) is 36.4 Å². The molecule has 0 spiro atoms. The third-order valence-electron chi connectivity index (χ3n) is 3.68. The zero-order valence-electron chi connectivity index (χ0n) is 13.1. The number of rotatable bonds is 5. The van der Waals surface area contributed by atoms with Crippen LogP contribution in [0.5, 0.6) is 5.75 Å². The molecule has 0 bridgehead atoms. The smallest absolute Gasteiger partial charge is 0.122 e. The van der Waals surface area contributed by atoms with Crippen molar-refractivity contribution in [2.24, 2.45) is 0 Å². The summed E-state index contributed by atoms with van der Waals surface area (Å²) in [4.78, 5) is 6.82. The molecule has 1 atom stereocenters. The van der Waals surface area contributed by atoms with Crippen molar-refractivity contribution >= 4 is 5.69 Å². The van der Waals surface area contributed by atoms with Gasteiger partial charge >= 0.3 is 0 Å². The van der Waals surface area contributed by atoms with Gasteiger partial charge in [-0.25, -0.2) is 0 Å². The first kappa shape index (κ1) is 15.3. The molecule has 4 nitrogen and oxygen atoms in total. The summed E-state index contributed by atoms with van der Waals surface area (Å²) in [6, 6.07) is 12.2. The third-order valence-corrected chi connectivity index (χ3v) is 3.68. The molecule has 2 aromatic rings. The summed E-state index contributed by atoms with van der Waals surface area (Å²) >= 11 is 0. The first-order valence-electron chi connectivity index (χ1n) is 7.07.